The summed E-state index contributed by atoms with van der Waals surface area (Å²) in [5, 5.41) is 13.4. The maximum atomic E-state index is 14.8. The van der Waals surface area contributed by atoms with Crippen molar-refractivity contribution < 1.29 is 23.0 Å². The summed E-state index contributed by atoms with van der Waals surface area (Å²) in [7, 11) is 1.56. The van der Waals surface area contributed by atoms with E-state index in [1.54, 1.807) is 14.0 Å². The van der Waals surface area contributed by atoms with Crippen LogP contribution in [0.25, 0.3) is 11.0 Å². The van der Waals surface area contributed by atoms with E-state index >= 15 is 0 Å². The first-order chi connectivity index (χ1) is 17.2. The van der Waals surface area contributed by atoms with E-state index < -0.39 is 30.5 Å². The average Bonchev–Trinajstić information content (AvgIpc) is 2.87. The number of ether oxygens (including phenoxy) is 1. The number of hydrogen-bond donors (Lipinski definition) is 2. The lowest BCUT2D eigenvalue weighted by atomic mass is 9.89. The van der Waals surface area contributed by atoms with Gasteiger partial charge in [0, 0.05) is 17.2 Å². The fourth-order valence-corrected chi connectivity index (χ4v) is 4.82. The van der Waals surface area contributed by atoms with Gasteiger partial charge in [-0.05, 0) is 58.7 Å². The van der Waals surface area contributed by atoms with E-state index in [0.29, 0.717) is 28.8 Å². The van der Waals surface area contributed by atoms with E-state index in [2.05, 4.69) is 39.0 Å². The number of aliphatic hydroxyl groups is 1. The number of halogens is 3. The molecule has 0 radical (unpaired) electrons. The van der Waals surface area contributed by atoms with Gasteiger partial charge >= 0.3 is 0 Å². The zero-order chi connectivity index (χ0) is 26.0. The van der Waals surface area contributed by atoms with E-state index in [1.165, 1.54) is 12.1 Å². The second-order valence-corrected chi connectivity index (χ2v) is 9.43. The fourth-order valence-electron chi connectivity index (χ4n) is 4.82. The summed E-state index contributed by atoms with van der Waals surface area (Å²) in [5.74, 6) is 0.226. The molecule has 3 heterocycles. The molecule has 1 aromatic carbocycles. The minimum Gasteiger partial charge on any atom is -0.481 e. The number of hydrogen-bond acceptors (Lipinski definition) is 7. The Labute approximate surface area is 208 Å². The van der Waals surface area contributed by atoms with E-state index in [1.807, 2.05) is 6.07 Å². The van der Waals surface area contributed by atoms with Crippen LogP contribution < -0.4 is 10.1 Å². The van der Waals surface area contributed by atoms with E-state index in [0.717, 1.165) is 37.6 Å². The van der Waals surface area contributed by atoms with Gasteiger partial charge in [0.05, 0.1) is 24.1 Å². The molecule has 7 nitrogen and oxygen atoms in total. The summed E-state index contributed by atoms with van der Waals surface area (Å²) >= 11 is 0. The number of nitrogens with zero attached hydrogens (tertiary/aromatic N) is 4. The topological polar surface area (TPSA) is 83.4 Å². The molecule has 1 fully saturated rings. The van der Waals surface area contributed by atoms with E-state index in [4.69, 9.17) is 4.74 Å². The zero-order valence-corrected chi connectivity index (χ0v) is 20.9. The molecule has 1 aliphatic heterocycles. The van der Waals surface area contributed by atoms with Crippen molar-refractivity contribution in [2.24, 2.45) is 0 Å². The van der Waals surface area contributed by atoms with Crippen LogP contribution in [0.15, 0.2) is 24.3 Å². The zero-order valence-electron chi connectivity index (χ0n) is 20.9. The van der Waals surface area contributed by atoms with Gasteiger partial charge in [-0.2, -0.15) is 4.98 Å². The van der Waals surface area contributed by atoms with Crippen LogP contribution in [0.1, 0.15) is 74.5 Å². The smallest absolute Gasteiger partial charge is 0.266 e. The lowest BCUT2D eigenvalue weighted by Crippen LogP contribution is -2.37. The van der Waals surface area contributed by atoms with Crippen LogP contribution in [0, 0.1) is 5.82 Å². The molecular weight excluding hydrogens is 471 g/mol. The summed E-state index contributed by atoms with van der Waals surface area (Å²) in [5.41, 5.74) is 0.708. The highest BCUT2D eigenvalue weighted by molar-refractivity contribution is 5.88. The van der Waals surface area contributed by atoms with Crippen LogP contribution in [0.5, 0.6) is 5.88 Å². The van der Waals surface area contributed by atoms with Crippen LogP contribution in [-0.4, -0.2) is 51.2 Å². The number of aromatic nitrogens is 3. The number of fused-ring (bicyclic) bond motifs is 1. The number of pyridine rings is 1. The fraction of sp³-hybridized carbons (Fsp3) is 0.500. The molecule has 0 unspecified atom stereocenters. The largest absolute Gasteiger partial charge is 0.481 e. The van der Waals surface area contributed by atoms with Gasteiger partial charge in [-0.15, -0.1) is 0 Å². The molecule has 4 rings (SSSR count). The number of rotatable bonds is 8. The van der Waals surface area contributed by atoms with Crippen molar-refractivity contribution in [3.63, 3.8) is 0 Å². The molecule has 0 amide bonds. The van der Waals surface area contributed by atoms with E-state index in [9.17, 15) is 18.3 Å². The predicted octanol–water partition coefficient (Wildman–Crippen LogP) is 5.36. The summed E-state index contributed by atoms with van der Waals surface area (Å²) < 4.78 is 46.9. The Balaban J connectivity index is 1.73. The molecule has 1 saturated heterocycles. The Hall–Kier alpha value is -2.98. The number of nitrogens with one attached hydrogen (secondary N) is 1. The summed E-state index contributed by atoms with van der Waals surface area (Å²) in [6.07, 6.45) is -1.02. The number of aliphatic hydroxyl groups excluding tert-OH is 1. The second kappa shape index (κ2) is 11.0. The maximum Gasteiger partial charge on any atom is 0.266 e. The van der Waals surface area contributed by atoms with E-state index in [-0.39, 0.29) is 17.3 Å². The first-order valence-corrected chi connectivity index (χ1v) is 12.2. The monoisotopic (exact) mass is 503 g/mol. The van der Waals surface area contributed by atoms with Crippen LogP contribution in [-0.2, 0) is 6.61 Å². The number of likely N-dealkylation sites (tertiary alicyclic amines) is 1. The SMILES string of the molecule is COc1nc2nc(CO)nc(N[C@H](C)c3cccc(C(F)F)c3F)c2cc1C1CCN(C(C)C)CC1. The van der Waals surface area contributed by atoms with Gasteiger partial charge in [0.2, 0.25) is 5.88 Å². The highest BCUT2D eigenvalue weighted by Gasteiger charge is 2.27. The third-order valence-corrected chi connectivity index (χ3v) is 6.87. The molecule has 36 heavy (non-hydrogen) atoms. The number of alkyl halides is 2. The van der Waals surface area contributed by atoms with Crippen molar-refractivity contribution in [3.8, 4) is 5.88 Å². The van der Waals surface area contributed by atoms with Crippen molar-refractivity contribution in [1.82, 2.24) is 19.9 Å². The van der Waals surface area contributed by atoms with Crippen LogP contribution in [0.3, 0.4) is 0 Å². The molecule has 0 bridgehead atoms. The number of benzene rings is 1. The molecule has 2 N–H and O–H groups in total. The van der Waals surface area contributed by atoms with Gasteiger partial charge < -0.3 is 20.1 Å². The minimum absolute atomic E-state index is 0.0906. The molecule has 194 valence electrons. The summed E-state index contributed by atoms with van der Waals surface area (Å²) in [4.78, 5) is 15.8. The Morgan fingerprint density at radius 1 is 1.11 bits per heavy atom. The van der Waals surface area contributed by atoms with Gasteiger partial charge in [0.15, 0.2) is 11.5 Å². The molecule has 10 heteroatoms. The molecule has 1 atom stereocenters. The van der Waals surface area contributed by atoms with Gasteiger partial charge in [-0.3, -0.25) is 0 Å². The van der Waals surface area contributed by atoms with Crippen molar-refractivity contribution in [1.29, 1.82) is 0 Å². The highest BCUT2D eigenvalue weighted by atomic mass is 19.3. The molecule has 2 aromatic heterocycles. The molecule has 3 aromatic rings. The van der Waals surface area contributed by atoms with Gasteiger partial charge in [0.1, 0.15) is 18.2 Å². The van der Waals surface area contributed by atoms with Crippen molar-refractivity contribution in [2.75, 3.05) is 25.5 Å². The van der Waals surface area contributed by atoms with Crippen LogP contribution >= 0.6 is 0 Å². The van der Waals surface area contributed by atoms with Gasteiger partial charge in [-0.25, -0.2) is 23.1 Å². The molecule has 0 spiro atoms. The Bertz CT molecular complexity index is 1220. The van der Waals surface area contributed by atoms with Gasteiger partial charge in [0.25, 0.3) is 6.43 Å². The third-order valence-electron chi connectivity index (χ3n) is 6.87. The quantitative estimate of drug-likeness (QED) is 0.428. The lowest BCUT2D eigenvalue weighted by molar-refractivity contribution is 0.146. The van der Waals surface area contributed by atoms with Crippen molar-refractivity contribution in [2.45, 2.75) is 64.6 Å². The number of anilines is 1. The van der Waals surface area contributed by atoms with Crippen molar-refractivity contribution in [3.05, 3.63) is 52.6 Å². The van der Waals surface area contributed by atoms with Crippen LogP contribution in [0.2, 0.25) is 0 Å². The molecular formula is C26H32F3N5O2. The number of piperidine rings is 1. The van der Waals surface area contributed by atoms with Gasteiger partial charge in [-0.1, -0.05) is 18.2 Å². The minimum atomic E-state index is -2.92. The molecule has 1 aliphatic rings. The second-order valence-electron chi connectivity index (χ2n) is 9.43. The normalized spacial score (nSPS) is 16.2. The first kappa shape index (κ1) is 26.1. The average molecular weight is 504 g/mol. The number of methoxy groups -OCH3 is 1. The molecule has 0 aliphatic carbocycles. The Morgan fingerprint density at radius 2 is 1.81 bits per heavy atom. The van der Waals surface area contributed by atoms with Crippen molar-refractivity contribution >= 4 is 16.9 Å². The molecule has 0 saturated carbocycles. The summed E-state index contributed by atoms with van der Waals surface area (Å²) in [6, 6.07) is 5.68. The van der Waals surface area contributed by atoms with Crippen LogP contribution in [0.4, 0.5) is 19.0 Å². The maximum absolute atomic E-state index is 14.8. The highest BCUT2D eigenvalue weighted by Crippen LogP contribution is 2.37. The third kappa shape index (κ3) is 5.24. The Kier molecular flexibility index (Phi) is 7.94. The summed E-state index contributed by atoms with van der Waals surface area (Å²) in [6.45, 7) is 7.55. The first-order valence-electron chi connectivity index (χ1n) is 12.2. The Morgan fingerprint density at radius 3 is 2.42 bits per heavy atom. The predicted molar refractivity (Wildman–Crippen MR) is 132 cm³/mol. The lowest BCUT2D eigenvalue weighted by Gasteiger charge is -2.35. The standard InChI is InChI=1S/C26H32F3N5O2/c1-14(2)34-10-8-16(9-11-34)19-12-20-24(31-21(13-35)32-25(20)33-26(19)36-4)30-15(3)17-6-5-7-18(22(17)27)23(28)29/h5-7,12,14-16,23,35H,8-11,13H2,1-4H3,(H,30,31,32,33)/t15-/m1/s1.